The molecule has 0 aromatic heterocycles. The van der Waals surface area contributed by atoms with Gasteiger partial charge in [0.25, 0.3) is 0 Å². The molecule has 0 aliphatic heterocycles. The number of para-hydroxylation sites is 1. The van der Waals surface area contributed by atoms with E-state index in [-0.39, 0.29) is 5.92 Å². The normalized spacial score (nSPS) is 11.6. The summed E-state index contributed by atoms with van der Waals surface area (Å²) < 4.78 is 5.80. The first-order valence-electron chi connectivity index (χ1n) is 5.96. The van der Waals surface area contributed by atoms with E-state index >= 15 is 0 Å². The van der Waals surface area contributed by atoms with Crippen molar-refractivity contribution in [3.8, 4) is 11.8 Å². The molecule has 2 aromatic rings. The molecule has 0 saturated heterocycles. The highest BCUT2D eigenvalue weighted by atomic mass is 16.5. The molecule has 2 nitrogen and oxygen atoms in total. The predicted octanol–water partition coefficient (Wildman–Crippen LogP) is 3.89. The zero-order valence-electron chi connectivity index (χ0n) is 10.3. The van der Waals surface area contributed by atoms with E-state index in [0.29, 0.717) is 6.61 Å². The monoisotopic (exact) mass is 237 g/mol. The standard InChI is InChI=1S/C16H15NO/c1-13(11-17)15-9-5-6-10-16(15)18-12-14-7-3-2-4-8-14/h2-10,13H,12H2,1H3/t13-/m1/s1. The lowest BCUT2D eigenvalue weighted by atomic mass is 10.0. The zero-order valence-corrected chi connectivity index (χ0v) is 10.3. The van der Waals surface area contributed by atoms with Crippen molar-refractivity contribution >= 4 is 0 Å². The summed E-state index contributed by atoms with van der Waals surface area (Å²) >= 11 is 0. The summed E-state index contributed by atoms with van der Waals surface area (Å²) in [6.07, 6.45) is 0. The van der Waals surface area contributed by atoms with Crippen molar-refractivity contribution in [3.63, 3.8) is 0 Å². The summed E-state index contributed by atoms with van der Waals surface area (Å²) in [5, 5.41) is 8.99. The van der Waals surface area contributed by atoms with Gasteiger partial charge >= 0.3 is 0 Å². The van der Waals surface area contributed by atoms with Crippen LogP contribution >= 0.6 is 0 Å². The lowest BCUT2D eigenvalue weighted by Crippen LogP contribution is -2.00. The summed E-state index contributed by atoms with van der Waals surface area (Å²) in [6, 6.07) is 19.9. The lowest BCUT2D eigenvalue weighted by Gasteiger charge is -2.12. The Morgan fingerprint density at radius 3 is 2.44 bits per heavy atom. The second-order valence-electron chi connectivity index (χ2n) is 4.16. The minimum Gasteiger partial charge on any atom is -0.489 e. The van der Waals surface area contributed by atoms with Gasteiger partial charge in [0, 0.05) is 5.56 Å². The molecule has 2 rings (SSSR count). The molecule has 0 saturated carbocycles. The fourth-order valence-electron chi connectivity index (χ4n) is 1.77. The van der Waals surface area contributed by atoms with Crippen LogP contribution in [-0.4, -0.2) is 0 Å². The SMILES string of the molecule is C[C@H](C#N)c1ccccc1OCc1ccccc1. The van der Waals surface area contributed by atoms with E-state index in [1.54, 1.807) is 0 Å². The van der Waals surface area contributed by atoms with Gasteiger partial charge in [-0.1, -0.05) is 48.5 Å². The van der Waals surface area contributed by atoms with Crippen LogP contribution in [0.15, 0.2) is 54.6 Å². The molecule has 0 bridgehead atoms. The Hall–Kier alpha value is -2.27. The average Bonchev–Trinajstić information content (AvgIpc) is 2.45. The molecule has 0 aliphatic carbocycles. The van der Waals surface area contributed by atoms with E-state index in [0.717, 1.165) is 16.9 Å². The summed E-state index contributed by atoms with van der Waals surface area (Å²) in [5.41, 5.74) is 2.06. The largest absolute Gasteiger partial charge is 0.489 e. The third-order valence-corrected chi connectivity index (χ3v) is 2.82. The highest BCUT2D eigenvalue weighted by molar-refractivity contribution is 5.38. The van der Waals surface area contributed by atoms with Crippen LogP contribution < -0.4 is 4.74 Å². The summed E-state index contributed by atoms with van der Waals surface area (Å²) in [4.78, 5) is 0. The van der Waals surface area contributed by atoms with Crippen LogP contribution in [0.5, 0.6) is 5.75 Å². The lowest BCUT2D eigenvalue weighted by molar-refractivity contribution is 0.302. The third-order valence-electron chi connectivity index (χ3n) is 2.82. The smallest absolute Gasteiger partial charge is 0.124 e. The maximum atomic E-state index is 8.99. The molecular weight excluding hydrogens is 222 g/mol. The van der Waals surface area contributed by atoms with E-state index in [1.807, 2.05) is 61.5 Å². The minimum atomic E-state index is -0.156. The molecule has 0 fully saturated rings. The maximum absolute atomic E-state index is 8.99. The van der Waals surface area contributed by atoms with Crippen LogP contribution in [0, 0.1) is 11.3 Å². The van der Waals surface area contributed by atoms with Gasteiger partial charge in [-0.25, -0.2) is 0 Å². The fourth-order valence-corrected chi connectivity index (χ4v) is 1.77. The first-order valence-corrected chi connectivity index (χ1v) is 5.96. The van der Waals surface area contributed by atoms with Crippen molar-refractivity contribution in [2.24, 2.45) is 0 Å². The van der Waals surface area contributed by atoms with E-state index < -0.39 is 0 Å². The van der Waals surface area contributed by atoms with Gasteiger partial charge in [-0.3, -0.25) is 0 Å². The first kappa shape index (κ1) is 12.2. The van der Waals surface area contributed by atoms with E-state index in [2.05, 4.69) is 6.07 Å². The molecule has 90 valence electrons. The maximum Gasteiger partial charge on any atom is 0.124 e. The van der Waals surface area contributed by atoms with Gasteiger partial charge in [-0.05, 0) is 18.6 Å². The Bertz CT molecular complexity index is 543. The second kappa shape index (κ2) is 5.88. The summed E-state index contributed by atoms with van der Waals surface area (Å²) in [6.45, 7) is 2.40. The Labute approximate surface area is 107 Å². The van der Waals surface area contributed by atoms with Gasteiger partial charge in [-0.15, -0.1) is 0 Å². The Morgan fingerprint density at radius 2 is 1.72 bits per heavy atom. The van der Waals surface area contributed by atoms with Gasteiger partial charge < -0.3 is 4.74 Å². The Morgan fingerprint density at radius 1 is 1.06 bits per heavy atom. The topological polar surface area (TPSA) is 33.0 Å². The van der Waals surface area contributed by atoms with Crippen LogP contribution in [-0.2, 0) is 6.61 Å². The number of ether oxygens (including phenoxy) is 1. The van der Waals surface area contributed by atoms with E-state index in [9.17, 15) is 0 Å². The van der Waals surface area contributed by atoms with Crippen molar-refractivity contribution in [3.05, 3.63) is 65.7 Å². The zero-order chi connectivity index (χ0) is 12.8. The predicted molar refractivity (Wildman–Crippen MR) is 71.2 cm³/mol. The molecule has 0 radical (unpaired) electrons. The third kappa shape index (κ3) is 2.89. The molecule has 0 unspecified atom stereocenters. The van der Waals surface area contributed by atoms with Gasteiger partial charge in [0.15, 0.2) is 0 Å². The fraction of sp³-hybridized carbons (Fsp3) is 0.188. The molecule has 2 heteroatoms. The average molecular weight is 237 g/mol. The van der Waals surface area contributed by atoms with Crippen molar-refractivity contribution in [1.29, 1.82) is 5.26 Å². The highest BCUT2D eigenvalue weighted by Gasteiger charge is 2.10. The summed E-state index contributed by atoms with van der Waals surface area (Å²) in [5.74, 6) is 0.632. The van der Waals surface area contributed by atoms with Crippen molar-refractivity contribution in [1.82, 2.24) is 0 Å². The number of hydrogen-bond donors (Lipinski definition) is 0. The van der Waals surface area contributed by atoms with Crippen LogP contribution in [0.2, 0.25) is 0 Å². The van der Waals surface area contributed by atoms with E-state index in [4.69, 9.17) is 10.00 Å². The molecule has 2 aromatic carbocycles. The molecule has 0 heterocycles. The molecule has 0 N–H and O–H groups in total. The van der Waals surface area contributed by atoms with Gasteiger partial charge in [0.1, 0.15) is 12.4 Å². The van der Waals surface area contributed by atoms with Crippen molar-refractivity contribution < 1.29 is 4.74 Å². The first-order chi connectivity index (χ1) is 8.81. The number of nitriles is 1. The number of benzene rings is 2. The highest BCUT2D eigenvalue weighted by Crippen LogP contribution is 2.26. The van der Waals surface area contributed by atoms with Crippen molar-refractivity contribution in [2.45, 2.75) is 19.4 Å². The van der Waals surface area contributed by atoms with Crippen LogP contribution in [0.25, 0.3) is 0 Å². The molecule has 18 heavy (non-hydrogen) atoms. The van der Waals surface area contributed by atoms with Gasteiger partial charge in [-0.2, -0.15) is 5.26 Å². The van der Waals surface area contributed by atoms with Crippen LogP contribution in [0.1, 0.15) is 24.0 Å². The molecule has 0 aliphatic rings. The second-order valence-corrected chi connectivity index (χ2v) is 4.16. The number of nitrogens with zero attached hydrogens (tertiary/aromatic N) is 1. The molecule has 0 spiro atoms. The van der Waals surface area contributed by atoms with Gasteiger partial charge in [0.2, 0.25) is 0 Å². The van der Waals surface area contributed by atoms with Crippen molar-refractivity contribution in [2.75, 3.05) is 0 Å². The van der Waals surface area contributed by atoms with Crippen LogP contribution in [0.4, 0.5) is 0 Å². The molecule has 0 amide bonds. The molecule has 1 atom stereocenters. The quantitative estimate of drug-likeness (QED) is 0.808. The summed E-state index contributed by atoms with van der Waals surface area (Å²) in [7, 11) is 0. The van der Waals surface area contributed by atoms with E-state index in [1.165, 1.54) is 0 Å². The number of hydrogen-bond acceptors (Lipinski definition) is 2. The van der Waals surface area contributed by atoms with Gasteiger partial charge in [0.05, 0.1) is 12.0 Å². The molecular formula is C16H15NO. The van der Waals surface area contributed by atoms with Crippen LogP contribution in [0.3, 0.4) is 0 Å². The number of rotatable bonds is 4. The minimum absolute atomic E-state index is 0.156. The Balaban J connectivity index is 2.13. The Kier molecular flexibility index (Phi) is 3.98.